The van der Waals surface area contributed by atoms with E-state index in [9.17, 15) is 9.18 Å². The third-order valence-electron chi connectivity index (χ3n) is 3.05. The van der Waals surface area contributed by atoms with Gasteiger partial charge in [0.25, 0.3) is 0 Å². The van der Waals surface area contributed by atoms with E-state index in [0.29, 0.717) is 17.1 Å². The van der Waals surface area contributed by atoms with E-state index in [4.69, 9.17) is 9.63 Å². The Balaban J connectivity index is 2.01. The van der Waals surface area contributed by atoms with Crippen molar-refractivity contribution in [3.05, 3.63) is 54.0 Å². The molecule has 21 heavy (non-hydrogen) atoms. The van der Waals surface area contributed by atoms with Gasteiger partial charge in [-0.1, -0.05) is 5.16 Å². The van der Waals surface area contributed by atoms with Gasteiger partial charge in [-0.25, -0.2) is 14.2 Å². The van der Waals surface area contributed by atoms with Crippen molar-refractivity contribution in [2.24, 2.45) is 0 Å². The summed E-state index contributed by atoms with van der Waals surface area (Å²) < 4.78 is 20.7. The maximum atomic E-state index is 14.2. The van der Waals surface area contributed by atoms with Crippen LogP contribution in [0.25, 0.3) is 17.0 Å². The number of aromatic nitrogens is 3. The summed E-state index contributed by atoms with van der Waals surface area (Å²) in [6.45, 7) is 1.77. The number of halogens is 1. The molecule has 0 aliphatic heterocycles. The summed E-state index contributed by atoms with van der Waals surface area (Å²) in [6, 6.07) is 5.71. The van der Waals surface area contributed by atoms with Gasteiger partial charge in [0.15, 0.2) is 11.5 Å². The SMILES string of the molecule is Cc1nccn1-c1ccc(-c2cc(C(=O)O)no2)cc1F. The molecule has 0 unspecified atom stereocenters. The molecule has 0 bridgehead atoms. The number of rotatable bonds is 3. The van der Waals surface area contributed by atoms with Gasteiger partial charge < -0.3 is 14.2 Å². The largest absolute Gasteiger partial charge is 0.476 e. The highest BCUT2D eigenvalue weighted by Gasteiger charge is 2.14. The summed E-state index contributed by atoms with van der Waals surface area (Å²) in [6.07, 6.45) is 3.24. The van der Waals surface area contributed by atoms with E-state index in [2.05, 4.69) is 10.1 Å². The highest BCUT2D eigenvalue weighted by Crippen LogP contribution is 2.25. The lowest BCUT2D eigenvalue weighted by Gasteiger charge is -2.07. The first-order valence-corrected chi connectivity index (χ1v) is 6.06. The molecule has 1 aromatic carbocycles. The summed E-state index contributed by atoms with van der Waals surface area (Å²) in [5.74, 6) is -0.812. The Morgan fingerprint density at radius 2 is 2.19 bits per heavy atom. The van der Waals surface area contributed by atoms with Crippen molar-refractivity contribution >= 4 is 5.97 Å². The van der Waals surface area contributed by atoms with Crippen LogP contribution in [-0.4, -0.2) is 25.8 Å². The normalized spacial score (nSPS) is 10.8. The molecule has 2 heterocycles. The molecule has 0 atom stereocenters. The minimum Gasteiger partial charge on any atom is -0.476 e. The van der Waals surface area contributed by atoms with E-state index in [0.717, 1.165) is 0 Å². The molecule has 0 aliphatic carbocycles. The molecule has 0 saturated carbocycles. The van der Waals surface area contributed by atoms with Gasteiger partial charge in [0.05, 0.1) is 5.69 Å². The van der Waals surface area contributed by atoms with Gasteiger partial charge in [-0.05, 0) is 25.1 Å². The summed E-state index contributed by atoms with van der Waals surface area (Å²) in [7, 11) is 0. The molecular weight excluding hydrogens is 277 g/mol. The smallest absolute Gasteiger partial charge is 0.358 e. The lowest BCUT2D eigenvalue weighted by Crippen LogP contribution is -1.99. The molecule has 7 heteroatoms. The van der Waals surface area contributed by atoms with Crippen molar-refractivity contribution in [3.63, 3.8) is 0 Å². The molecule has 1 N–H and O–H groups in total. The Morgan fingerprint density at radius 3 is 2.76 bits per heavy atom. The van der Waals surface area contributed by atoms with E-state index in [-0.39, 0.29) is 11.5 Å². The summed E-state index contributed by atoms with van der Waals surface area (Å²) in [4.78, 5) is 14.8. The maximum absolute atomic E-state index is 14.2. The molecule has 6 nitrogen and oxygen atoms in total. The molecule has 0 amide bonds. The van der Waals surface area contributed by atoms with Crippen LogP contribution in [0.15, 0.2) is 41.2 Å². The second-order valence-electron chi connectivity index (χ2n) is 4.39. The molecule has 2 aromatic heterocycles. The number of hydrogen-bond donors (Lipinski definition) is 1. The summed E-state index contributed by atoms with van der Waals surface area (Å²) in [5, 5.41) is 12.2. The first-order chi connectivity index (χ1) is 10.1. The highest BCUT2D eigenvalue weighted by atomic mass is 19.1. The van der Waals surface area contributed by atoms with Crippen LogP contribution in [0, 0.1) is 12.7 Å². The monoisotopic (exact) mass is 287 g/mol. The Morgan fingerprint density at radius 1 is 1.38 bits per heavy atom. The van der Waals surface area contributed by atoms with E-state index < -0.39 is 11.8 Å². The second-order valence-corrected chi connectivity index (χ2v) is 4.39. The minimum absolute atomic E-state index is 0.195. The van der Waals surface area contributed by atoms with Crippen LogP contribution < -0.4 is 0 Å². The zero-order valence-corrected chi connectivity index (χ0v) is 10.9. The van der Waals surface area contributed by atoms with E-state index in [1.165, 1.54) is 12.1 Å². The highest BCUT2D eigenvalue weighted by molar-refractivity contribution is 5.86. The predicted molar refractivity (Wildman–Crippen MR) is 70.7 cm³/mol. The molecule has 0 fully saturated rings. The van der Waals surface area contributed by atoms with Gasteiger partial charge in [-0.3, -0.25) is 0 Å². The van der Waals surface area contributed by atoms with Crippen LogP contribution >= 0.6 is 0 Å². The number of carbonyl (C=O) groups is 1. The Labute approximate surface area is 118 Å². The number of aromatic carboxylic acids is 1. The van der Waals surface area contributed by atoms with Crippen LogP contribution in [0.3, 0.4) is 0 Å². The third-order valence-corrected chi connectivity index (χ3v) is 3.05. The number of hydrogen-bond acceptors (Lipinski definition) is 4. The fourth-order valence-corrected chi connectivity index (χ4v) is 2.00. The molecular formula is C14H10FN3O3. The fraction of sp³-hybridized carbons (Fsp3) is 0.0714. The summed E-state index contributed by atoms with van der Waals surface area (Å²) >= 11 is 0. The molecule has 0 saturated heterocycles. The molecule has 3 rings (SSSR count). The molecule has 3 aromatic rings. The van der Waals surface area contributed by atoms with Crippen molar-refractivity contribution in [2.75, 3.05) is 0 Å². The number of benzene rings is 1. The van der Waals surface area contributed by atoms with Crippen molar-refractivity contribution < 1.29 is 18.8 Å². The number of carboxylic acids is 1. The third kappa shape index (κ3) is 2.29. The maximum Gasteiger partial charge on any atom is 0.358 e. The zero-order valence-electron chi connectivity index (χ0n) is 10.9. The van der Waals surface area contributed by atoms with Gasteiger partial charge in [0, 0.05) is 24.0 Å². The number of carboxylic acid groups (broad SMARTS) is 1. The Hall–Kier alpha value is -2.96. The molecule has 0 spiro atoms. The van der Waals surface area contributed by atoms with Gasteiger partial charge in [-0.2, -0.15) is 0 Å². The van der Waals surface area contributed by atoms with Crippen molar-refractivity contribution in [2.45, 2.75) is 6.92 Å². The number of imidazole rings is 1. The lowest BCUT2D eigenvalue weighted by molar-refractivity contribution is 0.0686. The minimum atomic E-state index is -1.20. The van der Waals surface area contributed by atoms with Crippen molar-refractivity contribution in [3.8, 4) is 17.0 Å². The van der Waals surface area contributed by atoms with Crippen LogP contribution in [0.4, 0.5) is 4.39 Å². The topological polar surface area (TPSA) is 81.2 Å². The van der Waals surface area contributed by atoms with Gasteiger partial charge in [0.2, 0.25) is 0 Å². The van der Waals surface area contributed by atoms with Crippen LogP contribution in [0.2, 0.25) is 0 Å². The first kappa shape index (κ1) is 13.0. The van der Waals surface area contributed by atoms with E-state index in [1.54, 1.807) is 36.0 Å². The van der Waals surface area contributed by atoms with E-state index in [1.807, 2.05) is 0 Å². The molecule has 0 aliphatic rings. The average Bonchev–Trinajstić information content (AvgIpc) is 3.07. The predicted octanol–water partition coefficient (Wildman–Crippen LogP) is 2.67. The average molecular weight is 287 g/mol. The number of aryl methyl sites for hydroxylation is 1. The second kappa shape index (κ2) is 4.86. The quantitative estimate of drug-likeness (QED) is 0.801. The zero-order chi connectivity index (χ0) is 15.0. The summed E-state index contributed by atoms with van der Waals surface area (Å²) in [5.41, 5.74) is 0.542. The van der Waals surface area contributed by atoms with Crippen LogP contribution in [0.1, 0.15) is 16.3 Å². The van der Waals surface area contributed by atoms with Gasteiger partial charge in [0.1, 0.15) is 11.6 Å². The van der Waals surface area contributed by atoms with Gasteiger partial charge in [-0.15, -0.1) is 0 Å². The molecule has 0 radical (unpaired) electrons. The van der Waals surface area contributed by atoms with Crippen molar-refractivity contribution in [1.29, 1.82) is 0 Å². The molecule has 106 valence electrons. The fourth-order valence-electron chi connectivity index (χ4n) is 2.00. The standard InChI is InChI=1S/C14H10FN3O3/c1-8-16-4-5-18(8)12-3-2-9(6-10(12)15)13-7-11(14(19)20)17-21-13/h2-7H,1H3,(H,19,20). The van der Waals surface area contributed by atoms with Crippen LogP contribution in [0.5, 0.6) is 0 Å². The number of nitrogens with zero attached hydrogens (tertiary/aromatic N) is 3. The van der Waals surface area contributed by atoms with Crippen LogP contribution in [-0.2, 0) is 0 Å². The Kier molecular flexibility index (Phi) is 3.02. The first-order valence-electron chi connectivity index (χ1n) is 6.06. The van der Waals surface area contributed by atoms with E-state index >= 15 is 0 Å². The lowest BCUT2D eigenvalue weighted by atomic mass is 10.1. The van der Waals surface area contributed by atoms with Crippen molar-refractivity contribution in [1.82, 2.24) is 14.7 Å². The van der Waals surface area contributed by atoms with Gasteiger partial charge >= 0.3 is 5.97 Å². The Bertz CT molecular complexity index is 822.